The highest BCUT2D eigenvalue weighted by Gasteiger charge is 2.30. The van der Waals surface area contributed by atoms with E-state index in [1.807, 2.05) is 0 Å². The topological polar surface area (TPSA) is 12.0 Å². The number of rotatable bonds is 8. The Morgan fingerprint density at radius 1 is 1.00 bits per heavy atom. The van der Waals surface area contributed by atoms with Crippen LogP contribution < -0.4 is 5.32 Å². The van der Waals surface area contributed by atoms with E-state index in [0.29, 0.717) is 6.04 Å². The minimum absolute atomic E-state index is 0.637. The van der Waals surface area contributed by atoms with Gasteiger partial charge in [-0.15, -0.1) is 0 Å². The van der Waals surface area contributed by atoms with Crippen LogP contribution in [0.5, 0.6) is 0 Å². The van der Waals surface area contributed by atoms with Crippen LogP contribution in [0.1, 0.15) is 79.6 Å². The summed E-state index contributed by atoms with van der Waals surface area (Å²) in [7, 11) is 0. The van der Waals surface area contributed by atoms with Crippen LogP contribution >= 0.6 is 0 Å². The highest BCUT2D eigenvalue weighted by atomic mass is 14.9. The summed E-state index contributed by atoms with van der Waals surface area (Å²) in [5, 5.41) is 3.69. The zero-order valence-corrected chi connectivity index (χ0v) is 14.0. The fourth-order valence-corrected chi connectivity index (χ4v) is 3.79. The monoisotopic (exact) mass is 267 g/mol. The molecule has 114 valence electrons. The van der Waals surface area contributed by atoms with Gasteiger partial charge in [-0.1, -0.05) is 60.3 Å². The van der Waals surface area contributed by atoms with Crippen LogP contribution in [-0.2, 0) is 0 Å². The van der Waals surface area contributed by atoms with Crippen molar-refractivity contribution in [3.8, 4) is 0 Å². The molecule has 1 N–H and O–H groups in total. The average Bonchev–Trinajstić information content (AvgIpc) is 2.42. The molecule has 1 nitrogen and oxygen atoms in total. The van der Waals surface area contributed by atoms with Crippen molar-refractivity contribution < 1.29 is 0 Å². The predicted octanol–water partition coefficient (Wildman–Crippen LogP) is 5.25. The van der Waals surface area contributed by atoms with Crippen LogP contribution in [0.4, 0.5) is 0 Å². The van der Waals surface area contributed by atoms with Crippen molar-refractivity contribution >= 4 is 0 Å². The van der Waals surface area contributed by atoms with E-state index >= 15 is 0 Å². The molecule has 0 saturated heterocycles. The van der Waals surface area contributed by atoms with E-state index in [1.54, 1.807) is 0 Å². The molecule has 1 rings (SSSR count). The van der Waals surface area contributed by atoms with Gasteiger partial charge in [0.2, 0.25) is 0 Å². The molecule has 19 heavy (non-hydrogen) atoms. The molecule has 1 heteroatoms. The Bertz CT molecular complexity index is 220. The molecule has 1 saturated carbocycles. The number of hydrogen-bond donors (Lipinski definition) is 1. The molecule has 0 aromatic carbocycles. The molecule has 0 aliphatic heterocycles. The second-order valence-corrected chi connectivity index (χ2v) is 7.09. The van der Waals surface area contributed by atoms with E-state index in [9.17, 15) is 0 Å². The van der Waals surface area contributed by atoms with Crippen molar-refractivity contribution in [2.24, 2.45) is 23.7 Å². The maximum absolute atomic E-state index is 3.69. The molecule has 3 unspecified atom stereocenters. The van der Waals surface area contributed by atoms with Gasteiger partial charge in [0.25, 0.3) is 0 Å². The SMILES string of the molecule is CCC(CC)CC1CC(CC)CCC1CNC(C)C. The van der Waals surface area contributed by atoms with E-state index in [1.165, 1.54) is 51.5 Å². The van der Waals surface area contributed by atoms with Crippen molar-refractivity contribution in [3.05, 3.63) is 0 Å². The lowest BCUT2D eigenvalue weighted by Crippen LogP contribution is -2.36. The molecule has 0 radical (unpaired) electrons. The normalized spacial score (nSPS) is 28.3. The van der Waals surface area contributed by atoms with Crippen molar-refractivity contribution in [2.45, 2.75) is 85.6 Å². The minimum atomic E-state index is 0.637. The van der Waals surface area contributed by atoms with Crippen molar-refractivity contribution in [1.29, 1.82) is 0 Å². The lowest BCUT2D eigenvalue weighted by Gasteiger charge is -2.38. The second kappa shape index (κ2) is 9.00. The Balaban J connectivity index is 2.54. The van der Waals surface area contributed by atoms with E-state index in [2.05, 4.69) is 39.9 Å². The van der Waals surface area contributed by atoms with E-state index in [-0.39, 0.29) is 0 Å². The van der Waals surface area contributed by atoms with Gasteiger partial charge in [-0.3, -0.25) is 0 Å². The summed E-state index contributed by atoms with van der Waals surface area (Å²) in [5.41, 5.74) is 0. The van der Waals surface area contributed by atoms with Crippen molar-refractivity contribution in [3.63, 3.8) is 0 Å². The number of hydrogen-bond acceptors (Lipinski definition) is 1. The van der Waals surface area contributed by atoms with Crippen LogP contribution in [0, 0.1) is 23.7 Å². The zero-order chi connectivity index (χ0) is 14.3. The van der Waals surface area contributed by atoms with Gasteiger partial charge in [0.15, 0.2) is 0 Å². The third-order valence-electron chi connectivity index (χ3n) is 5.40. The fourth-order valence-electron chi connectivity index (χ4n) is 3.79. The summed E-state index contributed by atoms with van der Waals surface area (Å²) in [6.07, 6.45) is 10.0. The van der Waals surface area contributed by atoms with Crippen molar-refractivity contribution in [1.82, 2.24) is 5.32 Å². The van der Waals surface area contributed by atoms with Crippen LogP contribution in [0.2, 0.25) is 0 Å². The molecule has 1 aliphatic rings. The van der Waals surface area contributed by atoms with Gasteiger partial charge in [-0.2, -0.15) is 0 Å². The Morgan fingerprint density at radius 2 is 1.68 bits per heavy atom. The Hall–Kier alpha value is -0.0400. The molecule has 0 aromatic heterocycles. The first-order chi connectivity index (χ1) is 9.10. The van der Waals surface area contributed by atoms with Crippen LogP contribution in [-0.4, -0.2) is 12.6 Å². The number of nitrogens with one attached hydrogen (secondary N) is 1. The Morgan fingerprint density at radius 3 is 2.21 bits per heavy atom. The third-order valence-corrected chi connectivity index (χ3v) is 5.40. The largest absolute Gasteiger partial charge is 0.314 e. The van der Waals surface area contributed by atoms with Crippen LogP contribution in [0.3, 0.4) is 0 Å². The summed E-state index contributed by atoms with van der Waals surface area (Å²) in [4.78, 5) is 0. The van der Waals surface area contributed by atoms with Crippen LogP contribution in [0.15, 0.2) is 0 Å². The van der Waals surface area contributed by atoms with Gasteiger partial charge in [0, 0.05) is 6.04 Å². The first-order valence-corrected chi connectivity index (χ1v) is 8.83. The van der Waals surface area contributed by atoms with Gasteiger partial charge in [0.05, 0.1) is 0 Å². The minimum Gasteiger partial charge on any atom is -0.314 e. The molecule has 3 atom stereocenters. The fraction of sp³-hybridized carbons (Fsp3) is 1.00. The van der Waals surface area contributed by atoms with E-state index in [0.717, 1.165) is 23.7 Å². The van der Waals surface area contributed by atoms with Gasteiger partial charge in [0.1, 0.15) is 0 Å². The summed E-state index contributed by atoms with van der Waals surface area (Å²) >= 11 is 0. The smallest absolute Gasteiger partial charge is 0.00104 e. The Kier molecular flexibility index (Phi) is 8.06. The molecule has 0 bridgehead atoms. The predicted molar refractivity (Wildman–Crippen MR) is 86.4 cm³/mol. The van der Waals surface area contributed by atoms with Gasteiger partial charge in [-0.25, -0.2) is 0 Å². The standard InChI is InChI=1S/C18H37N/c1-6-15(7-2)11-18-12-16(8-3)9-10-17(18)13-19-14(4)5/h14-19H,6-13H2,1-5H3. The molecule has 0 spiro atoms. The van der Waals surface area contributed by atoms with Gasteiger partial charge in [-0.05, 0) is 49.5 Å². The molecule has 0 aromatic rings. The summed E-state index contributed by atoms with van der Waals surface area (Å²) in [6, 6.07) is 0.637. The van der Waals surface area contributed by atoms with Gasteiger partial charge >= 0.3 is 0 Å². The summed E-state index contributed by atoms with van der Waals surface area (Å²) < 4.78 is 0. The molecular weight excluding hydrogens is 230 g/mol. The second-order valence-electron chi connectivity index (χ2n) is 7.09. The maximum atomic E-state index is 3.69. The molecule has 1 aliphatic carbocycles. The van der Waals surface area contributed by atoms with Crippen molar-refractivity contribution in [2.75, 3.05) is 6.54 Å². The molecular formula is C18H37N. The molecule has 1 fully saturated rings. The summed E-state index contributed by atoms with van der Waals surface area (Å²) in [5.74, 6) is 3.89. The Labute approximate surface area is 121 Å². The molecule has 0 heterocycles. The van der Waals surface area contributed by atoms with E-state index < -0.39 is 0 Å². The zero-order valence-electron chi connectivity index (χ0n) is 14.0. The highest BCUT2D eigenvalue weighted by molar-refractivity contribution is 4.83. The maximum Gasteiger partial charge on any atom is 0.00104 e. The third kappa shape index (κ3) is 5.85. The highest BCUT2D eigenvalue weighted by Crippen LogP contribution is 2.39. The first kappa shape index (κ1) is 17.0. The summed E-state index contributed by atoms with van der Waals surface area (Å²) in [6.45, 7) is 12.9. The molecule has 0 amide bonds. The average molecular weight is 268 g/mol. The first-order valence-electron chi connectivity index (χ1n) is 8.83. The van der Waals surface area contributed by atoms with E-state index in [4.69, 9.17) is 0 Å². The quantitative estimate of drug-likeness (QED) is 0.633. The lowest BCUT2D eigenvalue weighted by atomic mass is 9.69. The van der Waals surface area contributed by atoms with Gasteiger partial charge < -0.3 is 5.32 Å². The van der Waals surface area contributed by atoms with Crippen LogP contribution in [0.25, 0.3) is 0 Å². The lowest BCUT2D eigenvalue weighted by molar-refractivity contribution is 0.140.